The second-order valence-electron chi connectivity index (χ2n) is 5.37. The molecular formula is C12H18N2O3. The van der Waals surface area contributed by atoms with Crippen molar-refractivity contribution in [3.63, 3.8) is 0 Å². The highest BCUT2D eigenvalue weighted by atomic mass is 16.5. The Morgan fingerprint density at radius 1 is 1.59 bits per heavy atom. The number of carboxylic acids is 1. The lowest BCUT2D eigenvalue weighted by Crippen LogP contribution is -2.35. The first-order valence-electron chi connectivity index (χ1n) is 5.99. The molecule has 1 aliphatic rings. The molecule has 0 bridgehead atoms. The Labute approximate surface area is 100 Å². The summed E-state index contributed by atoms with van der Waals surface area (Å²) >= 11 is 0. The van der Waals surface area contributed by atoms with Crippen molar-refractivity contribution in [2.75, 3.05) is 0 Å². The Morgan fingerprint density at radius 3 is 2.71 bits per heavy atom. The van der Waals surface area contributed by atoms with Crippen LogP contribution >= 0.6 is 0 Å². The fourth-order valence-electron chi connectivity index (χ4n) is 1.69. The largest absolute Gasteiger partial charge is 0.481 e. The first-order chi connectivity index (χ1) is 7.93. The van der Waals surface area contributed by atoms with Gasteiger partial charge < -0.3 is 9.63 Å². The average Bonchev–Trinajstić information content (AvgIpc) is 3.00. The molecule has 0 aromatic carbocycles. The third kappa shape index (κ3) is 2.33. The molecule has 0 aliphatic heterocycles. The highest BCUT2D eigenvalue weighted by Gasteiger charge is 2.39. The zero-order valence-corrected chi connectivity index (χ0v) is 10.4. The number of hydrogen-bond donors (Lipinski definition) is 1. The topological polar surface area (TPSA) is 76.2 Å². The number of aromatic nitrogens is 2. The summed E-state index contributed by atoms with van der Waals surface area (Å²) < 4.78 is 5.14. The van der Waals surface area contributed by atoms with Crippen molar-refractivity contribution in [3.05, 3.63) is 11.7 Å². The van der Waals surface area contributed by atoms with Crippen LogP contribution in [-0.2, 0) is 11.2 Å². The molecule has 1 aliphatic carbocycles. The van der Waals surface area contributed by atoms with Gasteiger partial charge >= 0.3 is 5.97 Å². The van der Waals surface area contributed by atoms with Crippen LogP contribution in [0.4, 0.5) is 0 Å². The number of hydrogen-bond acceptors (Lipinski definition) is 4. The number of rotatable bonds is 5. The van der Waals surface area contributed by atoms with Crippen molar-refractivity contribution >= 4 is 5.97 Å². The van der Waals surface area contributed by atoms with E-state index in [9.17, 15) is 9.90 Å². The Balaban J connectivity index is 2.13. The first kappa shape index (κ1) is 12.1. The minimum atomic E-state index is -0.854. The summed E-state index contributed by atoms with van der Waals surface area (Å²) in [5, 5.41) is 13.2. The summed E-state index contributed by atoms with van der Waals surface area (Å²) in [6.45, 7) is 5.51. The van der Waals surface area contributed by atoms with E-state index in [0.29, 0.717) is 18.2 Å². The van der Waals surface area contributed by atoms with Gasteiger partial charge in [-0.25, -0.2) is 0 Å². The van der Waals surface area contributed by atoms with E-state index in [1.807, 2.05) is 13.8 Å². The van der Waals surface area contributed by atoms with Crippen molar-refractivity contribution in [2.24, 2.45) is 11.3 Å². The zero-order chi connectivity index (χ0) is 12.6. The van der Waals surface area contributed by atoms with Crippen LogP contribution < -0.4 is 0 Å². The van der Waals surface area contributed by atoms with Gasteiger partial charge in [0.25, 0.3) is 0 Å². The number of aliphatic carboxylic acids is 1. The highest BCUT2D eigenvalue weighted by molar-refractivity contribution is 5.74. The molecule has 94 valence electrons. The summed E-state index contributed by atoms with van der Waals surface area (Å²) in [4.78, 5) is 15.6. The third-order valence-corrected chi connectivity index (χ3v) is 3.71. The van der Waals surface area contributed by atoms with Crippen molar-refractivity contribution in [1.82, 2.24) is 10.1 Å². The highest BCUT2D eigenvalue weighted by Crippen LogP contribution is 2.39. The first-order valence-corrected chi connectivity index (χ1v) is 5.99. The number of nitrogens with zero attached hydrogens (tertiary/aromatic N) is 2. The van der Waals surface area contributed by atoms with Crippen LogP contribution in [0, 0.1) is 11.3 Å². The lowest BCUT2D eigenvalue weighted by Gasteiger charge is -2.27. The molecule has 1 N–H and O–H groups in total. The number of carboxylic acid groups (broad SMARTS) is 1. The maximum atomic E-state index is 11.3. The van der Waals surface area contributed by atoms with Gasteiger partial charge in [0.2, 0.25) is 5.89 Å². The maximum absolute atomic E-state index is 11.3. The molecule has 1 unspecified atom stereocenters. The lowest BCUT2D eigenvalue weighted by atomic mass is 9.76. The molecule has 1 saturated carbocycles. The van der Waals surface area contributed by atoms with Crippen LogP contribution in [0.3, 0.4) is 0 Å². The summed E-state index contributed by atoms with van der Waals surface area (Å²) in [5.41, 5.74) is -0.854. The Hall–Kier alpha value is -1.39. The van der Waals surface area contributed by atoms with Crippen molar-refractivity contribution in [2.45, 2.75) is 46.0 Å². The standard InChI is InChI=1S/C12H18N2O3/c1-7(2)12(3,11(15)16)6-9-13-10(14-17-9)8-4-5-8/h7-8H,4-6H2,1-3H3,(H,15,16). The smallest absolute Gasteiger partial charge is 0.310 e. The molecule has 1 heterocycles. The van der Waals surface area contributed by atoms with E-state index in [1.165, 1.54) is 0 Å². The predicted octanol–water partition coefficient (Wildman–Crippen LogP) is 2.24. The fraction of sp³-hybridized carbons (Fsp3) is 0.750. The predicted molar refractivity (Wildman–Crippen MR) is 60.6 cm³/mol. The molecular weight excluding hydrogens is 220 g/mol. The minimum absolute atomic E-state index is 0.0104. The summed E-state index contributed by atoms with van der Waals surface area (Å²) in [6, 6.07) is 0. The summed E-state index contributed by atoms with van der Waals surface area (Å²) in [6.07, 6.45) is 2.51. The van der Waals surface area contributed by atoms with E-state index in [0.717, 1.165) is 18.7 Å². The van der Waals surface area contributed by atoms with Gasteiger partial charge in [0.15, 0.2) is 5.82 Å². The van der Waals surface area contributed by atoms with E-state index in [2.05, 4.69) is 10.1 Å². The van der Waals surface area contributed by atoms with Crippen LogP contribution in [0.25, 0.3) is 0 Å². The van der Waals surface area contributed by atoms with Gasteiger partial charge in [0.05, 0.1) is 5.41 Å². The molecule has 0 amide bonds. The van der Waals surface area contributed by atoms with Gasteiger partial charge in [0.1, 0.15) is 0 Å². The number of carbonyl (C=O) groups is 1. The van der Waals surface area contributed by atoms with Gasteiger partial charge in [-0.3, -0.25) is 4.79 Å². The van der Waals surface area contributed by atoms with E-state index in [-0.39, 0.29) is 5.92 Å². The molecule has 0 radical (unpaired) electrons. The second kappa shape index (κ2) is 4.13. The molecule has 5 heteroatoms. The fourth-order valence-corrected chi connectivity index (χ4v) is 1.69. The minimum Gasteiger partial charge on any atom is -0.481 e. The van der Waals surface area contributed by atoms with Crippen molar-refractivity contribution in [3.8, 4) is 0 Å². The van der Waals surface area contributed by atoms with E-state index in [1.54, 1.807) is 6.92 Å². The van der Waals surface area contributed by atoms with Crippen LogP contribution in [0.5, 0.6) is 0 Å². The molecule has 1 fully saturated rings. The molecule has 5 nitrogen and oxygen atoms in total. The van der Waals surface area contributed by atoms with Crippen LogP contribution in [0.1, 0.15) is 51.2 Å². The van der Waals surface area contributed by atoms with E-state index in [4.69, 9.17) is 4.52 Å². The normalized spacial score (nSPS) is 19.3. The Morgan fingerprint density at radius 2 is 2.24 bits per heavy atom. The Kier molecular flexibility index (Phi) is 2.93. The van der Waals surface area contributed by atoms with Crippen LogP contribution in [0.2, 0.25) is 0 Å². The molecule has 1 aromatic heterocycles. The maximum Gasteiger partial charge on any atom is 0.310 e. The van der Waals surface area contributed by atoms with E-state index >= 15 is 0 Å². The van der Waals surface area contributed by atoms with Gasteiger partial charge in [-0.1, -0.05) is 19.0 Å². The average molecular weight is 238 g/mol. The molecule has 17 heavy (non-hydrogen) atoms. The van der Waals surface area contributed by atoms with Crippen LogP contribution in [-0.4, -0.2) is 21.2 Å². The second-order valence-corrected chi connectivity index (χ2v) is 5.37. The Bertz CT molecular complexity index is 423. The van der Waals surface area contributed by atoms with Gasteiger partial charge in [0, 0.05) is 12.3 Å². The lowest BCUT2D eigenvalue weighted by molar-refractivity contribution is -0.150. The summed E-state index contributed by atoms with van der Waals surface area (Å²) in [5.74, 6) is 0.791. The van der Waals surface area contributed by atoms with Crippen molar-refractivity contribution in [1.29, 1.82) is 0 Å². The molecule has 0 spiro atoms. The van der Waals surface area contributed by atoms with Gasteiger partial charge in [-0.05, 0) is 25.7 Å². The van der Waals surface area contributed by atoms with Crippen LogP contribution in [0.15, 0.2) is 4.52 Å². The van der Waals surface area contributed by atoms with E-state index < -0.39 is 11.4 Å². The van der Waals surface area contributed by atoms with Gasteiger partial charge in [-0.15, -0.1) is 0 Å². The zero-order valence-electron chi connectivity index (χ0n) is 10.4. The van der Waals surface area contributed by atoms with Crippen molar-refractivity contribution < 1.29 is 14.4 Å². The molecule has 1 atom stereocenters. The SMILES string of the molecule is CC(C)C(C)(Cc1nc(C2CC2)no1)C(=O)O. The monoisotopic (exact) mass is 238 g/mol. The summed E-state index contributed by atoms with van der Waals surface area (Å²) in [7, 11) is 0. The quantitative estimate of drug-likeness (QED) is 0.851. The third-order valence-electron chi connectivity index (χ3n) is 3.71. The van der Waals surface area contributed by atoms with Gasteiger partial charge in [-0.2, -0.15) is 4.98 Å². The molecule has 0 saturated heterocycles. The molecule has 2 rings (SSSR count). The molecule has 1 aromatic rings.